The van der Waals surface area contributed by atoms with Crippen molar-refractivity contribution in [1.82, 2.24) is 5.06 Å². The summed E-state index contributed by atoms with van der Waals surface area (Å²) in [7, 11) is 1.76. The molecule has 2 aromatic rings. The summed E-state index contributed by atoms with van der Waals surface area (Å²) in [6.45, 7) is 0.814. The van der Waals surface area contributed by atoms with Gasteiger partial charge in [-0.1, -0.05) is 18.2 Å². The summed E-state index contributed by atoms with van der Waals surface area (Å²) >= 11 is 0. The van der Waals surface area contributed by atoms with Gasteiger partial charge in [0.15, 0.2) is 0 Å². The van der Waals surface area contributed by atoms with Crippen molar-refractivity contribution in [2.75, 3.05) is 13.7 Å². The maximum atomic E-state index is 9.24. The normalized spacial score (nSPS) is 27.5. The van der Waals surface area contributed by atoms with E-state index in [1.807, 2.05) is 36.4 Å². The minimum Gasteiger partial charge on any atom is -0.490 e. The third kappa shape index (κ3) is 3.28. The maximum Gasteiger partial charge on any atom is 0.221 e. The van der Waals surface area contributed by atoms with Gasteiger partial charge in [-0.25, -0.2) is 14.9 Å². The Morgan fingerprint density at radius 3 is 2.83 bits per heavy atom. The molecule has 154 valence electrons. The Labute approximate surface area is 175 Å². The lowest BCUT2D eigenvalue weighted by Gasteiger charge is -2.37. The molecule has 7 heteroatoms. The lowest BCUT2D eigenvalue weighted by Crippen LogP contribution is -2.40. The average Bonchev–Trinajstić information content (AvgIpc) is 3.36. The molecule has 7 nitrogen and oxygen atoms in total. The molecule has 0 radical (unpaired) electrons. The fourth-order valence-corrected chi connectivity index (χ4v) is 4.52. The summed E-state index contributed by atoms with van der Waals surface area (Å²) in [5.74, 6) is 1.09. The van der Waals surface area contributed by atoms with Crippen molar-refractivity contribution in [1.29, 1.82) is 5.26 Å². The Balaban J connectivity index is 1.54. The molecule has 5 rings (SSSR count). The van der Waals surface area contributed by atoms with Gasteiger partial charge in [-0.15, -0.1) is 0 Å². The molecule has 1 fully saturated rings. The van der Waals surface area contributed by atoms with E-state index in [4.69, 9.17) is 25.0 Å². The summed E-state index contributed by atoms with van der Waals surface area (Å²) < 4.78 is 12.2. The molecule has 2 N–H and O–H groups in total. The summed E-state index contributed by atoms with van der Waals surface area (Å²) in [5, 5.41) is 10.8. The van der Waals surface area contributed by atoms with Crippen LogP contribution in [0.1, 0.15) is 36.8 Å². The summed E-state index contributed by atoms with van der Waals surface area (Å²) in [5.41, 5.74) is 8.56. The quantitative estimate of drug-likeness (QED) is 0.844. The topological polar surface area (TPSA) is 93.1 Å². The van der Waals surface area contributed by atoms with Crippen LogP contribution in [-0.4, -0.2) is 36.9 Å². The molecule has 0 amide bonds. The van der Waals surface area contributed by atoms with Gasteiger partial charge in [0.2, 0.25) is 11.7 Å². The van der Waals surface area contributed by atoms with Crippen LogP contribution >= 0.6 is 0 Å². The summed E-state index contributed by atoms with van der Waals surface area (Å²) in [6, 6.07) is 15.7. The Morgan fingerprint density at radius 2 is 2.10 bits per heavy atom. The molecular formula is C23H24N4O3. The first-order chi connectivity index (χ1) is 14.6. The molecule has 3 atom stereocenters. The molecule has 3 aliphatic rings. The zero-order valence-corrected chi connectivity index (χ0v) is 16.9. The molecule has 1 unspecified atom stereocenters. The second kappa shape index (κ2) is 7.31. The van der Waals surface area contributed by atoms with Gasteiger partial charge in [0.05, 0.1) is 23.3 Å². The van der Waals surface area contributed by atoms with Crippen LogP contribution in [0.2, 0.25) is 0 Å². The van der Waals surface area contributed by atoms with Crippen molar-refractivity contribution in [2.24, 2.45) is 10.7 Å². The second-order valence-corrected chi connectivity index (χ2v) is 8.06. The van der Waals surface area contributed by atoms with Crippen LogP contribution in [0.3, 0.4) is 0 Å². The number of fused-ring (bicyclic) bond motifs is 2. The van der Waals surface area contributed by atoms with Gasteiger partial charge in [0.1, 0.15) is 11.9 Å². The molecular weight excluding hydrogens is 380 g/mol. The zero-order valence-electron chi connectivity index (χ0n) is 16.9. The van der Waals surface area contributed by atoms with Gasteiger partial charge >= 0.3 is 0 Å². The largest absolute Gasteiger partial charge is 0.490 e. The molecule has 0 aromatic heterocycles. The lowest BCUT2D eigenvalue weighted by atomic mass is 9.88. The van der Waals surface area contributed by atoms with Crippen molar-refractivity contribution in [3.8, 4) is 22.9 Å². The Kier molecular flexibility index (Phi) is 4.61. The van der Waals surface area contributed by atoms with Crippen LogP contribution in [0.15, 0.2) is 47.5 Å². The van der Waals surface area contributed by atoms with E-state index in [1.165, 1.54) is 5.06 Å². The number of nitrogens with two attached hydrogens (primary N) is 1. The number of rotatable bonds is 3. The average molecular weight is 404 g/mol. The van der Waals surface area contributed by atoms with E-state index in [9.17, 15) is 5.26 Å². The van der Waals surface area contributed by atoms with Crippen molar-refractivity contribution in [3.05, 3.63) is 53.6 Å². The number of nitriles is 1. The molecule has 3 heterocycles. The number of ether oxygens (including phenoxy) is 2. The fraction of sp³-hybridized carbons (Fsp3) is 0.391. The lowest BCUT2D eigenvalue weighted by molar-refractivity contribution is -0.192. The highest BCUT2D eigenvalue weighted by Gasteiger charge is 2.49. The smallest absolute Gasteiger partial charge is 0.221 e. The van der Waals surface area contributed by atoms with Crippen molar-refractivity contribution >= 4 is 5.96 Å². The molecule has 2 aromatic carbocycles. The van der Waals surface area contributed by atoms with E-state index in [-0.39, 0.29) is 12.2 Å². The number of hydroxylamine groups is 2. The fourth-order valence-electron chi connectivity index (χ4n) is 4.52. The molecule has 3 aliphatic heterocycles. The predicted octanol–water partition coefficient (Wildman–Crippen LogP) is 3.29. The zero-order chi connectivity index (χ0) is 20.7. The van der Waals surface area contributed by atoms with Gasteiger partial charge in [-0.05, 0) is 48.2 Å². The van der Waals surface area contributed by atoms with E-state index >= 15 is 0 Å². The van der Waals surface area contributed by atoms with E-state index in [0.29, 0.717) is 17.9 Å². The second-order valence-electron chi connectivity index (χ2n) is 8.06. The van der Waals surface area contributed by atoms with E-state index in [1.54, 1.807) is 13.1 Å². The maximum absolute atomic E-state index is 9.24. The van der Waals surface area contributed by atoms with Crippen LogP contribution in [0, 0.1) is 11.3 Å². The van der Waals surface area contributed by atoms with Crippen molar-refractivity contribution < 1.29 is 14.3 Å². The summed E-state index contributed by atoms with van der Waals surface area (Å²) in [6.07, 6.45) is 3.65. The number of guanidine groups is 1. The molecule has 1 spiro atoms. The van der Waals surface area contributed by atoms with Crippen LogP contribution in [0.4, 0.5) is 0 Å². The third-order valence-electron chi connectivity index (χ3n) is 5.98. The number of benzene rings is 2. The first-order valence-corrected chi connectivity index (χ1v) is 10.3. The van der Waals surface area contributed by atoms with E-state index in [0.717, 1.165) is 48.3 Å². The number of hydrogen-bond donors (Lipinski definition) is 1. The van der Waals surface area contributed by atoms with Crippen molar-refractivity contribution in [2.45, 2.75) is 43.6 Å². The minimum atomic E-state index is -0.918. The molecule has 0 saturated carbocycles. The van der Waals surface area contributed by atoms with Gasteiger partial charge in [0, 0.05) is 26.5 Å². The molecule has 0 bridgehead atoms. The summed E-state index contributed by atoms with van der Waals surface area (Å²) in [4.78, 5) is 10.9. The Hall–Kier alpha value is -3.08. The first kappa shape index (κ1) is 18.9. The minimum absolute atomic E-state index is 0.0728. The third-order valence-corrected chi connectivity index (χ3v) is 5.98. The van der Waals surface area contributed by atoms with Gasteiger partial charge in [-0.3, -0.25) is 0 Å². The van der Waals surface area contributed by atoms with E-state index < -0.39 is 5.72 Å². The standard InChI is InChI=1S/C23H24N4O3/c1-27-22(25)26-23(30-27)13-19(12-18-6-3-9-28-18)29-21-8-7-17(11-20(21)23)16-5-2-4-15(10-16)14-24/h2,4-5,7-8,10-11,18-19H,3,6,9,12-13H2,1H3,(H2,25,26)/t18?,19-,23-/m0/s1. The highest BCUT2D eigenvalue weighted by Crippen LogP contribution is 2.48. The van der Waals surface area contributed by atoms with Crippen molar-refractivity contribution in [3.63, 3.8) is 0 Å². The number of hydrogen-bond acceptors (Lipinski definition) is 7. The molecule has 0 aliphatic carbocycles. The van der Waals surface area contributed by atoms with Crippen LogP contribution in [-0.2, 0) is 15.3 Å². The SMILES string of the molecule is CN1O[C@]2(C[C@H](CC3CCCO3)Oc3ccc(-c4cccc(C#N)c4)cc32)N=C1N. The number of aliphatic imine (C=N–C) groups is 1. The van der Waals surface area contributed by atoms with Gasteiger partial charge < -0.3 is 15.2 Å². The van der Waals surface area contributed by atoms with Crippen LogP contribution in [0.5, 0.6) is 5.75 Å². The first-order valence-electron chi connectivity index (χ1n) is 10.3. The Bertz CT molecular complexity index is 1040. The van der Waals surface area contributed by atoms with Gasteiger partial charge in [0.25, 0.3) is 0 Å². The van der Waals surface area contributed by atoms with E-state index in [2.05, 4.69) is 6.07 Å². The van der Waals surface area contributed by atoms with Crippen LogP contribution in [0.25, 0.3) is 11.1 Å². The van der Waals surface area contributed by atoms with Gasteiger partial charge in [-0.2, -0.15) is 5.26 Å². The molecule has 1 saturated heterocycles. The van der Waals surface area contributed by atoms with Crippen LogP contribution < -0.4 is 10.5 Å². The Morgan fingerprint density at radius 1 is 1.23 bits per heavy atom. The highest BCUT2D eigenvalue weighted by molar-refractivity contribution is 5.79. The highest BCUT2D eigenvalue weighted by atomic mass is 16.7. The monoisotopic (exact) mass is 404 g/mol. The number of nitrogens with zero attached hydrogens (tertiary/aromatic N) is 3. The molecule has 30 heavy (non-hydrogen) atoms. The predicted molar refractivity (Wildman–Crippen MR) is 111 cm³/mol.